The van der Waals surface area contributed by atoms with Crippen molar-refractivity contribution in [1.29, 1.82) is 0 Å². The lowest BCUT2D eigenvalue weighted by Crippen LogP contribution is -2.38. The highest BCUT2D eigenvalue weighted by atomic mass is 79.9. The van der Waals surface area contributed by atoms with Crippen molar-refractivity contribution in [3.8, 4) is 0 Å². The van der Waals surface area contributed by atoms with Crippen molar-refractivity contribution < 1.29 is 24.1 Å². The lowest BCUT2D eigenvalue weighted by Gasteiger charge is -2.17. The van der Waals surface area contributed by atoms with Crippen LogP contribution in [0.1, 0.15) is 17.4 Å². The molecule has 0 amide bonds. The van der Waals surface area contributed by atoms with E-state index in [2.05, 4.69) is 20.9 Å². The van der Waals surface area contributed by atoms with Crippen molar-refractivity contribution in [3.63, 3.8) is 0 Å². The standard InChI is InChI=1S/C18H18BrFN2O6/c19-6-5-10-7-22(18(26)21-16(10)25)17-15(24)14(23)13(28-17)9-27-8-11-3-1-2-4-12(11)20/h1-7,13-15,17,23-24H,8-9H2,(H,21,25,26)/b6-5+/t13-,14-,15+,17-/m1/s1. The summed E-state index contributed by atoms with van der Waals surface area (Å²) < 4.78 is 25.6. The minimum absolute atomic E-state index is 0.0428. The second-order valence-electron chi connectivity index (χ2n) is 6.20. The van der Waals surface area contributed by atoms with Crippen LogP contribution in [0.2, 0.25) is 0 Å². The van der Waals surface area contributed by atoms with E-state index in [4.69, 9.17) is 9.47 Å². The van der Waals surface area contributed by atoms with Gasteiger partial charge in [-0.1, -0.05) is 34.1 Å². The van der Waals surface area contributed by atoms with Crippen molar-refractivity contribution in [2.45, 2.75) is 31.1 Å². The fourth-order valence-electron chi connectivity index (χ4n) is 2.87. The van der Waals surface area contributed by atoms with E-state index in [0.29, 0.717) is 5.56 Å². The maximum Gasteiger partial charge on any atom is 0.330 e. The zero-order valence-corrected chi connectivity index (χ0v) is 16.1. The van der Waals surface area contributed by atoms with Gasteiger partial charge in [-0.2, -0.15) is 0 Å². The van der Waals surface area contributed by atoms with E-state index < -0.39 is 41.6 Å². The number of aliphatic hydroxyl groups excluding tert-OH is 2. The van der Waals surface area contributed by atoms with E-state index in [1.54, 1.807) is 18.2 Å². The smallest absolute Gasteiger partial charge is 0.330 e. The Bertz CT molecular complexity index is 975. The summed E-state index contributed by atoms with van der Waals surface area (Å²) in [7, 11) is 0. The van der Waals surface area contributed by atoms with Gasteiger partial charge in [0.25, 0.3) is 5.56 Å². The molecule has 1 aliphatic rings. The van der Waals surface area contributed by atoms with Gasteiger partial charge in [-0.3, -0.25) is 14.3 Å². The first-order chi connectivity index (χ1) is 13.4. The zero-order valence-electron chi connectivity index (χ0n) is 14.5. The number of aliphatic hydroxyl groups is 2. The highest BCUT2D eigenvalue weighted by Crippen LogP contribution is 2.28. The summed E-state index contributed by atoms with van der Waals surface area (Å²) >= 11 is 3.05. The zero-order chi connectivity index (χ0) is 20.3. The molecule has 0 unspecified atom stereocenters. The molecule has 0 saturated carbocycles. The van der Waals surface area contributed by atoms with Crippen LogP contribution in [0.15, 0.2) is 45.0 Å². The molecule has 3 N–H and O–H groups in total. The van der Waals surface area contributed by atoms with E-state index in [1.165, 1.54) is 23.3 Å². The van der Waals surface area contributed by atoms with E-state index in [9.17, 15) is 24.2 Å². The van der Waals surface area contributed by atoms with Crippen LogP contribution in [0, 0.1) is 5.82 Å². The van der Waals surface area contributed by atoms with Crippen LogP contribution in [0.4, 0.5) is 4.39 Å². The molecule has 1 fully saturated rings. The number of aromatic nitrogens is 2. The van der Waals surface area contributed by atoms with Crippen molar-refractivity contribution in [1.82, 2.24) is 9.55 Å². The molecule has 1 saturated heterocycles. The topological polar surface area (TPSA) is 114 Å². The summed E-state index contributed by atoms with van der Waals surface area (Å²) in [5, 5.41) is 20.5. The number of benzene rings is 1. The number of halogens is 2. The number of H-pyrrole nitrogens is 1. The lowest BCUT2D eigenvalue weighted by atomic mass is 10.1. The van der Waals surface area contributed by atoms with Crippen LogP contribution in [0.5, 0.6) is 0 Å². The minimum Gasteiger partial charge on any atom is -0.387 e. The van der Waals surface area contributed by atoms with Gasteiger partial charge in [0.15, 0.2) is 6.23 Å². The molecule has 1 aromatic heterocycles. The summed E-state index contributed by atoms with van der Waals surface area (Å²) in [6.45, 7) is -0.172. The maximum atomic E-state index is 13.6. The van der Waals surface area contributed by atoms with E-state index in [0.717, 1.165) is 4.57 Å². The molecule has 1 aliphatic heterocycles. The van der Waals surface area contributed by atoms with Crippen LogP contribution >= 0.6 is 15.9 Å². The molecule has 150 valence electrons. The number of rotatable bonds is 6. The average Bonchev–Trinajstić information content (AvgIpc) is 2.94. The Morgan fingerprint density at radius 2 is 2.04 bits per heavy atom. The third kappa shape index (κ3) is 4.31. The van der Waals surface area contributed by atoms with Gasteiger partial charge in [0, 0.05) is 11.8 Å². The minimum atomic E-state index is -1.42. The SMILES string of the molecule is O=c1[nH]c(=O)n([C@@H]2O[C@H](COCc3ccccc3F)[C@@H](O)[C@@H]2O)cc1/C=C/Br. The molecule has 8 nitrogen and oxygen atoms in total. The molecule has 3 rings (SSSR count). The Balaban J connectivity index is 1.72. The van der Waals surface area contributed by atoms with Gasteiger partial charge in [0.1, 0.15) is 24.1 Å². The number of nitrogens with one attached hydrogen (secondary N) is 1. The van der Waals surface area contributed by atoms with Crippen molar-refractivity contribution >= 4 is 22.0 Å². The highest BCUT2D eigenvalue weighted by Gasteiger charge is 2.44. The molecule has 0 radical (unpaired) electrons. The molecule has 0 bridgehead atoms. The van der Waals surface area contributed by atoms with Gasteiger partial charge in [-0.15, -0.1) is 0 Å². The Hall–Kier alpha value is -2.11. The molecule has 1 aromatic carbocycles. The van der Waals surface area contributed by atoms with Gasteiger partial charge in [-0.05, 0) is 17.1 Å². The van der Waals surface area contributed by atoms with Crippen molar-refractivity contribution in [2.24, 2.45) is 0 Å². The summed E-state index contributed by atoms with van der Waals surface area (Å²) in [6, 6.07) is 6.10. The van der Waals surface area contributed by atoms with Crippen LogP contribution in [-0.4, -0.2) is 44.7 Å². The Labute approximate surface area is 167 Å². The molecule has 10 heteroatoms. The fourth-order valence-corrected chi connectivity index (χ4v) is 3.16. The first-order valence-electron chi connectivity index (χ1n) is 8.37. The third-order valence-electron chi connectivity index (χ3n) is 4.35. The predicted molar refractivity (Wildman–Crippen MR) is 101 cm³/mol. The van der Waals surface area contributed by atoms with Gasteiger partial charge in [0.2, 0.25) is 0 Å². The molecule has 0 aliphatic carbocycles. The summed E-state index contributed by atoms with van der Waals surface area (Å²) in [4.78, 5) is 27.4. The van der Waals surface area contributed by atoms with Crippen LogP contribution in [-0.2, 0) is 16.1 Å². The maximum absolute atomic E-state index is 13.6. The normalized spacial score (nSPS) is 24.9. The second-order valence-corrected chi connectivity index (χ2v) is 6.73. The lowest BCUT2D eigenvalue weighted by molar-refractivity contribution is -0.0713. The quantitative estimate of drug-likeness (QED) is 0.594. The molecule has 2 heterocycles. The molecule has 2 aromatic rings. The number of aromatic amines is 1. The fraction of sp³-hybridized carbons (Fsp3) is 0.333. The number of ether oxygens (including phenoxy) is 2. The number of hydrogen-bond acceptors (Lipinski definition) is 6. The van der Waals surface area contributed by atoms with E-state index in [1.807, 2.05) is 0 Å². The predicted octanol–water partition coefficient (Wildman–Crippen LogP) is 0.877. The number of hydrogen-bond donors (Lipinski definition) is 3. The van der Waals surface area contributed by atoms with Gasteiger partial charge < -0.3 is 19.7 Å². The van der Waals surface area contributed by atoms with Crippen molar-refractivity contribution in [3.05, 3.63) is 73.2 Å². The van der Waals surface area contributed by atoms with Crippen LogP contribution < -0.4 is 11.2 Å². The Morgan fingerprint density at radius 1 is 1.29 bits per heavy atom. The van der Waals surface area contributed by atoms with Crippen LogP contribution in [0.25, 0.3) is 6.08 Å². The Morgan fingerprint density at radius 3 is 2.75 bits per heavy atom. The third-order valence-corrected chi connectivity index (χ3v) is 4.61. The molecule has 28 heavy (non-hydrogen) atoms. The largest absolute Gasteiger partial charge is 0.387 e. The van der Waals surface area contributed by atoms with E-state index >= 15 is 0 Å². The molecular weight excluding hydrogens is 439 g/mol. The van der Waals surface area contributed by atoms with Gasteiger partial charge in [-0.25, -0.2) is 9.18 Å². The average molecular weight is 457 g/mol. The van der Waals surface area contributed by atoms with E-state index in [-0.39, 0.29) is 18.8 Å². The molecule has 0 spiro atoms. The van der Waals surface area contributed by atoms with Gasteiger partial charge >= 0.3 is 5.69 Å². The molecular formula is C18H18BrFN2O6. The number of nitrogens with zero attached hydrogens (tertiary/aromatic N) is 1. The first kappa shape index (κ1) is 20.6. The Kier molecular flexibility index (Phi) is 6.57. The summed E-state index contributed by atoms with van der Waals surface area (Å²) in [5.74, 6) is -0.416. The summed E-state index contributed by atoms with van der Waals surface area (Å²) in [5.41, 5.74) is -0.896. The van der Waals surface area contributed by atoms with Gasteiger partial charge in [0.05, 0.1) is 18.8 Å². The highest BCUT2D eigenvalue weighted by molar-refractivity contribution is 9.11. The molecule has 4 atom stereocenters. The van der Waals surface area contributed by atoms with Crippen LogP contribution in [0.3, 0.4) is 0 Å². The second kappa shape index (κ2) is 8.93. The first-order valence-corrected chi connectivity index (χ1v) is 9.29. The van der Waals surface area contributed by atoms with Crippen molar-refractivity contribution in [2.75, 3.05) is 6.61 Å². The monoisotopic (exact) mass is 456 g/mol. The summed E-state index contributed by atoms with van der Waals surface area (Å²) in [6.07, 6.45) is -2.28.